The molecule has 3 aliphatic rings. The van der Waals surface area contributed by atoms with Crippen LogP contribution in [0.15, 0.2) is 24.3 Å². The summed E-state index contributed by atoms with van der Waals surface area (Å²) in [5, 5.41) is 0. The Morgan fingerprint density at radius 1 is 0.458 bits per heavy atom. The van der Waals surface area contributed by atoms with Gasteiger partial charge in [-0.2, -0.15) is 0 Å². The molecule has 3 fully saturated rings. The first-order chi connectivity index (χ1) is 11.7. The van der Waals surface area contributed by atoms with Gasteiger partial charge in [-0.25, -0.2) is 0 Å². The summed E-state index contributed by atoms with van der Waals surface area (Å²) in [6.07, 6.45) is 27.0. The molecule has 0 aromatic heterocycles. The zero-order valence-electron chi connectivity index (χ0n) is 15.0. The molecule has 4 atom stereocenters. The molecule has 3 rings (SSSR count). The van der Waals surface area contributed by atoms with Crippen molar-refractivity contribution in [3.05, 3.63) is 24.3 Å². The van der Waals surface area contributed by atoms with Crippen LogP contribution in [0.2, 0.25) is 0 Å². The fourth-order valence-electron chi connectivity index (χ4n) is 4.84. The van der Waals surface area contributed by atoms with Gasteiger partial charge in [0.1, 0.15) is 0 Å². The fraction of sp³-hybridized carbons (Fsp3) is 0.818. The summed E-state index contributed by atoms with van der Waals surface area (Å²) in [4.78, 5) is 1.53. The van der Waals surface area contributed by atoms with E-state index in [2.05, 4.69) is 56.2 Å². The number of hydrogen-bond donors (Lipinski definition) is 0. The van der Waals surface area contributed by atoms with Crippen LogP contribution in [-0.4, -0.2) is 9.65 Å². The smallest absolute Gasteiger partial charge is 0.0151 e. The van der Waals surface area contributed by atoms with Crippen molar-refractivity contribution in [2.75, 3.05) is 0 Å². The molecule has 4 unspecified atom stereocenters. The van der Waals surface area contributed by atoms with Crippen molar-refractivity contribution in [2.45, 2.75) is 86.7 Å². The Morgan fingerprint density at radius 3 is 1.21 bits per heavy atom. The first-order valence-electron chi connectivity index (χ1n) is 10.3. The van der Waals surface area contributed by atoms with Crippen molar-refractivity contribution < 1.29 is 0 Å². The van der Waals surface area contributed by atoms with Gasteiger partial charge < -0.3 is 0 Å². The molecule has 0 aromatic carbocycles. The van der Waals surface area contributed by atoms with E-state index in [1.807, 2.05) is 0 Å². The van der Waals surface area contributed by atoms with Crippen molar-refractivity contribution in [1.29, 1.82) is 0 Å². The van der Waals surface area contributed by atoms with Gasteiger partial charge in [0.2, 0.25) is 0 Å². The molecule has 0 N–H and O–H groups in total. The minimum atomic E-state index is 0.765. The van der Waals surface area contributed by atoms with Gasteiger partial charge in [-0.3, -0.25) is 0 Å². The minimum absolute atomic E-state index is 0.765. The summed E-state index contributed by atoms with van der Waals surface area (Å²) >= 11 is 7.62. The zero-order chi connectivity index (χ0) is 16.8. The minimum Gasteiger partial charge on any atom is -0.0890 e. The van der Waals surface area contributed by atoms with Gasteiger partial charge in [0, 0.05) is 9.65 Å². The molecule has 0 spiro atoms. The second-order valence-corrected chi connectivity index (χ2v) is 11.1. The van der Waals surface area contributed by atoms with Crippen molar-refractivity contribution in [3.63, 3.8) is 0 Å². The third kappa shape index (κ3) is 6.31. The van der Waals surface area contributed by atoms with Crippen LogP contribution in [-0.2, 0) is 0 Å². The monoisotopic (exact) mass is 456 g/mol. The first-order valence-corrected chi connectivity index (χ1v) is 12.2. The lowest BCUT2D eigenvalue weighted by Crippen LogP contribution is -2.15. The molecular weight excluding hydrogens is 424 g/mol. The molecule has 0 heterocycles. The highest BCUT2D eigenvalue weighted by atomic mass is 79.9. The lowest BCUT2D eigenvalue weighted by Gasteiger charge is -2.27. The van der Waals surface area contributed by atoms with Crippen molar-refractivity contribution in [3.8, 4) is 0 Å². The standard InChI is InChI=1S/C22H34Br2/c23-21-5-1-3-19(15-21)13-11-17-7-9-18(10-8-17)12-14-20-4-2-6-22(24)16-20/h11-14,17-22H,1-10,15-16H2/b13-11+,14-12+. The van der Waals surface area contributed by atoms with E-state index in [0.29, 0.717) is 0 Å². The van der Waals surface area contributed by atoms with Crippen LogP contribution in [0.25, 0.3) is 0 Å². The van der Waals surface area contributed by atoms with Crippen molar-refractivity contribution >= 4 is 31.9 Å². The van der Waals surface area contributed by atoms with E-state index in [1.54, 1.807) is 0 Å². The summed E-state index contributed by atoms with van der Waals surface area (Å²) < 4.78 is 0. The number of rotatable bonds is 4. The Balaban J connectivity index is 1.37. The number of halogens is 2. The Kier molecular flexibility index (Phi) is 7.96. The van der Waals surface area contributed by atoms with E-state index in [1.165, 1.54) is 77.0 Å². The lowest BCUT2D eigenvalue weighted by molar-refractivity contribution is 0.350. The topological polar surface area (TPSA) is 0 Å². The van der Waals surface area contributed by atoms with Gasteiger partial charge in [-0.05, 0) is 87.9 Å². The predicted octanol–water partition coefficient (Wildman–Crippen LogP) is 7.81. The molecule has 2 heteroatoms. The highest BCUT2D eigenvalue weighted by molar-refractivity contribution is 9.09. The van der Waals surface area contributed by atoms with E-state index >= 15 is 0 Å². The highest BCUT2D eigenvalue weighted by Crippen LogP contribution is 2.35. The number of alkyl halides is 2. The maximum atomic E-state index is 3.81. The first kappa shape index (κ1) is 19.2. The van der Waals surface area contributed by atoms with E-state index in [-0.39, 0.29) is 0 Å². The van der Waals surface area contributed by atoms with E-state index in [4.69, 9.17) is 0 Å². The Hall–Kier alpha value is 0.440. The van der Waals surface area contributed by atoms with Crippen LogP contribution >= 0.6 is 31.9 Å². The molecule has 0 bridgehead atoms. The average molecular weight is 458 g/mol. The van der Waals surface area contributed by atoms with Crippen molar-refractivity contribution in [1.82, 2.24) is 0 Å². The van der Waals surface area contributed by atoms with Gasteiger partial charge in [-0.1, -0.05) is 69.0 Å². The quantitative estimate of drug-likeness (QED) is 0.298. The van der Waals surface area contributed by atoms with E-state index in [0.717, 1.165) is 33.3 Å². The molecular formula is C22H34Br2. The number of hydrogen-bond acceptors (Lipinski definition) is 0. The summed E-state index contributed by atoms with van der Waals surface area (Å²) in [6.45, 7) is 0. The molecule has 0 amide bonds. The Labute approximate surface area is 166 Å². The average Bonchev–Trinajstić information content (AvgIpc) is 2.59. The SMILES string of the molecule is BrC1CCCC(/C=C/C2CCC(/C=C/C3CCCC(Br)C3)CC2)C1. The fourth-order valence-corrected chi connectivity index (χ4v) is 6.45. The second-order valence-electron chi connectivity index (χ2n) is 8.49. The third-order valence-electron chi connectivity index (χ3n) is 6.43. The molecule has 24 heavy (non-hydrogen) atoms. The Bertz CT molecular complexity index is 380. The molecule has 0 aliphatic heterocycles. The van der Waals surface area contributed by atoms with Crippen LogP contribution in [0.3, 0.4) is 0 Å². The predicted molar refractivity (Wildman–Crippen MR) is 113 cm³/mol. The van der Waals surface area contributed by atoms with Crippen LogP contribution < -0.4 is 0 Å². The zero-order valence-corrected chi connectivity index (χ0v) is 18.2. The summed E-state index contributed by atoms with van der Waals surface area (Å²) in [6, 6.07) is 0. The maximum Gasteiger partial charge on any atom is 0.0151 e. The van der Waals surface area contributed by atoms with Gasteiger partial charge in [0.15, 0.2) is 0 Å². The third-order valence-corrected chi connectivity index (χ3v) is 8.09. The second kappa shape index (κ2) is 9.95. The molecule has 0 radical (unpaired) electrons. The van der Waals surface area contributed by atoms with Crippen LogP contribution in [0.1, 0.15) is 77.0 Å². The van der Waals surface area contributed by atoms with E-state index < -0.39 is 0 Å². The van der Waals surface area contributed by atoms with Crippen LogP contribution in [0, 0.1) is 23.7 Å². The molecule has 0 saturated heterocycles. The van der Waals surface area contributed by atoms with Gasteiger partial charge in [0.05, 0.1) is 0 Å². The Morgan fingerprint density at radius 2 is 0.833 bits per heavy atom. The largest absolute Gasteiger partial charge is 0.0890 e. The normalized spacial score (nSPS) is 41.9. The summed E-state index contributed by atoms with van der Waals surface area (Å²) in [7, 11) is 0. The highest BCUT2D eigenvalue weighted by Gasteiger charge is 2.21. The van der Waals surface area contributed by atoms with Gasteiger partial charge in [-0.15, -0.1) is 0 Å². The summed E-state index contributed by atoms with van der Waals surface area (Å²) in [5.74, 6) is 3.38. The van der Waals surface area contributed by atoms with Crippen molar-refractivity contribution in [2.24, 2.45) is 23.7 Å². The van der Waals surface area contributed by atoms with E-state index in [9.17, 15) is 0 Å². The molecule has 136 valence electrons. The molecule has 3 saturated carbocycles. The molecule has 3 aliphatic carbocycles. The van der Waals surface area contributed by atoms with Crippen LogP contribution in [0.4, 0.5) is 0 Å². The van der Waals surface area contributed by atoms with Gasteiger partial charge in [0.25, 0.3) is 0 Å². The number of allylic oxidation sites excluding steroid dienone is 4. The van der Waals surface area contributed by atoms with Gasteiger partial charge >= 0.3 is 0 Å². The van der Waals surface area contributed by atoms with Crippen LogP contribution in [0.5, 0.6) is 0 Å². The molecule has 0 aromatic rings. The maximum absolute atomic E-state index is 3.81. The lowest BCUT2D eigenvalue weighted by atomic mass is 9.79. The summed E-state index contributed by atoms with van der Waals surface area (Å²) in [5.41, 5.74) is 0. The molecule has 0 nitrogen and oxygen atoms in total.